The molecule has 0 amide bonds. The summed E-state index contributed by atoms with van der Waals surface area (Å²) in [6.45, 7) is 4.46. The van der Waals surface area contributed by atoms with Crippen molar-refractivity contribution >= 4 is 28.9 Å². The van der Waals surface area contributed by atoms with Crippen LogP contribution in [-0.4, -0.2) is 56.8 Å². The standard InChI is InChI=1S/C20H27ClN4O3S/c1-13(26-4)19-24-15(12-29-19)11-25(3)20(22-2)23-6-5-14-9-16(21)18-17(10-14)27-7-8-28-18/h9-10,12-13H,5-8,11H2,1-4H3,(H,22,23). The quantitative estimate of drug-likeness (QED) is 0.527. The Morgan fingerprint density at radius 3 is 2.97 bits per heavy atom. The molecule has 0 fully saturated rings. The summed E-state index contributed by atoms with van der Waals surface area (Å²) in [6, 6.07) is 3.92. The lowest BCUT2D eigenvalue weighted by Crippen LogP contribution is -2.39. The molecule has 3 rings (SSSR count). The minimum absolute atomic E-state index is 0.00863. The second kappa shape index (κ2) is 10.1. The molecule has 1 N–H and O–H groups in total. The van der Waals surface area contributed by atoms with Crippen molar-refractivity contribution < 1.29 is 14.2 Å². The first-order valence-corrected chi connectivity index (χ1v) is 10.7. The van der Waals surface area contributed by atoms with E-state index in [2.05, 4.69) is 20.7 Å². The van der Waals surface area contributed by atoms with Crippen LogP contribution in [0.1, 0.15) is 29.3 Å². The van der Waals surface area contributed by atoms with Crippen LogP contribution in [0.5, 0.6) is 11.5 Å². The predicted molar refractivity (Wildman–Crippen MR) is 117 cm³/mol. The number of ether oxygens (including phenoxy) is 3. The van der Waals surface area contributed by atoms with Crippen molar-refractivity contribution in [1.82, 2.24) is 15.2 Å². The van der Waals surface area contributed by atoms with Crippen LogP contribution in [0.3, 0.4) is 0 Å². The Labute approximate surface area is 180 Å². The third-order valence-electron chi connectivity index (χ3n) is 4.60. The first kappa shape index (κ1) is 21.7. The third-order valence-corrected chi connectivity index (χ3v) is 5.93. The number of rotatable bonds is 7. The Morgan fingerprint density at radius 1 is 1.41 bits per heavy atom. The topological polar surface area (TPSA) is 68.2 Å². The summed E-state index contributed by atoms with van der Waals surface area (Å²) in [5.74, 6) is 2.16. The molecule has 2 heterocycles. The fourth-order valence-corrected chi connectivity index (χ4v) is 4.14. The Bertz CT molecular complexity index is 858. The van der Waals surface area contributed by atoms with Crippen molar-refractivity contribution in [3.63, 3.8) is 0 Å². The molecular formula is C20H27ClN4O3S. The van der Waals surface area contributed by atoms with Gasteiger partial charge in [-0.2, -0.15) is 0 Å². The summed E-state index contributed by atoms with van der Waals surface area (Å²) in [6.07, 6.45) is 0.796. The summed E-state index contributed by atoms with van der Waals surface area (Å²) in [5.41, 5.74) is 2.08. The van der Waals surface area contributed by atoms with Gasteiger partial charge in [0.15, 0.2) is 17.5 Å². The van der Waals surface area contributed by atoms with Gasteiger partial charge in [0, 0.05) is 33.1 Å². The van der Waals surface area contributed by atoms with Crippen LogP contribution in [0.2, 0.25) is 5.02 Å². The summed E-state index contributed by atoms with van der Waals surface area (Å²) in [4.78, 5) is 11.1. The van der Waals surface area contributed by atoms with E-state index in [1.54, 1.807) is 25.5 Å². The summed E-state index contributed by atoms with van der Waals surface area (Å²) < 4.78 is 16.6. The molecule has 0 saturated carbocycles. The number of hydrogen-bond acceptors (Lipinski definition) is 6. The van der Waals surface area contributed by atoms with Crippen molar-refractivity contribution in [2.75, 3.05) is 41.0 Å². The second-order valence-corrected chi connectivity index (χ2v) is 8.03. The molecule has 1 aromatic carbocycles. The van der Waals surface area contributed by atoms with Gasteiger partial charge in [-0.15, -0.1) is 11.3 Å². The average molecular weight is 439 g/mol. The molecule has 1 aromatic heterocycles. The van der Waals surface area contributed by atoms with E-state index < -0.39 is 0 Å². The molecule has 9 heteroatoms. The molecule has 1 aliphatic rings. The summed E-state index contributed by atoms with van der Waals surface area (Å²) >= 11 is 7.93. The van der Waals surface area contributed by atoms with E-state index in [0.717, 1.165) is 35.2 Å². The molecule has 1 aliphatic heterocycles. The molecule has 7 nitrogen and oxygen atoms in total. The zero-order valence-electron chi connectivity index (χ0n) is 17.2. The van der Waals surface area contributed by atoms with Gasteiger partial charge in [-0.1, -0.05) is 11.6 Å². The van der Waals surface area contributed by atoms with Crippen LogP contribution in [0.25, 0.3) is 0 Å². The Hall–Kier alpha value is -2.03. The van der Waals surface area contributed by atoms with Gasteiger partial charge in [0.1, 0.15) is 24.3 Å². The smallest absolute Gasteiger partial charge is 0.193 e. The number of aliphatic imine (C=N–C) groups is 1. The number of nitrogens with one attached hydrogen (secondary N) is 1. The third kappa shape index (κ3) is 5.52. The van der Waals surface area contributed by atoms with E-state index in [-0.39, 0.29) is 6.10 Å². The maximum absolute atomic E-state index is 6.32. The number of fused-ring (bicyclic) bond motifs is 1. The highest BCUT2D eigenvalue weighted by molar-refractivity contribution is 7.09. The molecule has 0 saturated heterocycles. The van der Waals surface area contributed by atoms with Gasteiger partial charge in [-0.25, -0.2) is 4.98 Å². The fraction of sp³-hybridized carbons (Fsp3) is 0.500. The highest BCUT2D eigenvalue weighted by Gasteiger charge is 2.17. The van der Waals surface area contributed by atoms with Crippen molar-refractivity contribution in [3.05, 3.63) is 38.8 Å². The van der Waals surface area contributed by atoms with E-state index >= 15 is 0 Å². The van der Waals surface area contributed by atoms with E-state index in [1.165, 1.54) is 0 Å². The van der Waals surface area contributed by atoms with Crippen molar-refractivity contribution in [2.45, 2.75) is 26.0 Å². The monoisotopic (exact) mass is 438 g/mol. The maximum Gasteiger partial charge on any atom is 0.193 e. The highest BCUT2D eigenvalue weighted by Crippen LogP contribution is 2.38. The molecule has 29 heavy (non-hydrogen) atoms. The van der Waals surface area contributed by atoms with Crippen molar-refractivity contribution in [1.29, 1.82) is 0 Å². The highest BCUT2D eigenvalue weighted by atomic mass is 35.5. The van der Waals surface area contributed by atoms with E-state index in [1.807, 2.05) is 31.0 Å². The van der Waals surface area contributed by atoms with Crippen LogP contribution in [0.15, 0.2) is 22.5 Å². The SMILES string of the molecule is CN=C(NCCc1cc(Cl)c2c(c1)OCCO2)N(C)Cc1csc(C(C)OC)n1. The molecule has 1 unspecified atom stereocenters. The number of methoxy groups -OCH3 is 1. The molecule has 0 spiro atoms. The van der Waals surface area contributed by atoms with E-state index in [9.17, 15) is 0 Å². The van der Waals surface area contributed by atoms with Gasteiger partial charge >= 0.3 is 0 Å². The van der Waals surface area contributed by atoms with Gasteiger partial charge in [0.2, 0.25) is 0 Å². The molecule has 0 aliphatic carbocycles. The number of thiazole rings is 1. The first-order chi connectivity index (χ1) is 14.0. The fourth-order valence-electron chi connectivity index (χ4n) is 3.01. The number of nitrogens with zero attached hydrogens (tertiary/aromatic N) is 3. The number of halogens is 1. The summed E-state index contributed by atoms with van der Waals surface area (Å²) in [5, 5.41) is 7.02. The number of guanidine groups is 1. The minimum atomic E-state index is 0.00863. The van der Waals surface area contributed by atoms with Crippen LogP contribution in [0.4, 0.5) is 0 Å². The zero-order valence-corrected chi connectivity index (χ0v) is 18.8. The Morgan fingerprint density at radius 2 is 2.21 bits per heavy atom. The number of benzene rings is 1. The zero-order chi connectivity index (χ0) is 20.8. The maximum atomic E-state index is 6.32. The lowest BCUT2D eigenvalue weighted by atomic mass is 10.1. The molecule has 2 aromatic rings. The summed E-state index contributed by atoms with van der Waals surface area (Å²) in [7, 11) is 5.47. The van der Waals surface area contributed by atoms with E-state index in [0.29, 0.717) is 36.3 Å². The molecule has 0 bridgehead atoms. The van der Waals surface area contributed by atoms with Gasteiger partial charge < -0.3 is 24.4 Å². The van der Waals surface area contributed by atoms with Gasteiger partial charge in [0.25, 0.3) is 0 Å². The van der Waals surface area contributed by atoms with Crippen molar-refractivity contribution in [3.8, 4) is 11.5 Å². The Balaban J connectivity index is 1.54. The molecule has 158 valence electrons. The van der Waals surface area contributed by atoms with Crippen LogP contribution in [-0.2, 0) is 17.7 Å². The van der Waals surface area contributed by atoms with Crippen molar-refractivity contribution in [2.24, 2.45) is 4.99 Å². The van der Waals surface area contributed by atoms with Crippen LogP contribution < -0.4 is 14.8 Å². The first-order valence-electron chi connectivity index (χ1n) is 9.48. The average Bonchev–Trinajstić information content (AvgIpc) is 3.19. The second-order valence-electron chi connectivity index (χ2n) is 6.74. The van der Waals surface area contributed by atoms with Gasteiger partial charge in [0.05, 0.1) is 17.3 Å². The van der Waals surface area contributed by atoms with Crippen LogP contribution in [0, 0.1) is 0 Å². The predicted octanol–water partition coefficient (Wildman–Crippen LogP) is 3.53. The molecule has 0 radical (unpaired) electrons. The van der Waals surface area contributed by atoms with Crippen LogP contribution >= 0.6 is 22.9 Å². The van der Waals surface area contributed by atoms with E-state index in [4.69, 9.17) is 25.8 Å². The lowest BCUT2D eigenvalue weighted by Gasteiger charge is -2.22. The van der Waals surface area contributed by atoms with Gasteiger partial charge in [-0.3, -0.25) is 4.99 Å². The molecular weight excluding hydrogens is 412 g/mol. The largest absolute Gasteiger partial charge is 0.486 e. The number of hydrogen-bond donors (Lipinski definition) is 1. The normalized spacial score (nSPS) is 14.6. The van der Waals surface area contributed by atoms with Gasteiger partial charge in [-0.05, 0) is 31.0 Å². The minimum Gasteiger partial charge on any atom is -0.486 e. The number of aromatic nitrogens is 1. The Kier molecular flexibility index (Phi) is 7.57. The lowest BCUT2D eigenvalue weighted by molar-refractivity contribution is 0.119. The molecule has 1 atom stereocenters.